The van der Waals surface area contributed by atoms with Crippen LogP contribution in [0.25, 0.3) is 11.2 Å². The van der Waals surface area contributed by atoms with Gasteiger partial charge >= 0.3 is 16.2 Å². The van der Waals surface area contributed by atoms with Crippen LogP contribution in [0.1, 0.15) is 31.9 Å². The lowest BCUT2D eigenvalue weighted by molar-refractivity contribution is -0.119. The van der Waals surface area contributed by atoms with E-state index in [-0.39, 0.29) is 46.8 Å². The Kier molecular flexibility index (Phi) is 7.58. The van der Waals surface area contributed by atoms with Crippen LogP contribution in [-0.4, -0.2) is 93.0 Å². The summed E-state index contributed by atoms with van der Waals surface area (Å²) in [7, 11) is -4.27. The molecule has 208 valence electrons. The zero-order chi connectivity index (χ0) is 27.0. The molecular weight excluding hydrogens is 545 g/mol. The molecule has 3 amide bonds. The zero-order valence-electron chi connectivity index (χ0n) is 20.0. The van der Waals surface area contributed by atoms with E-state index >= 15 is 0 Å². The summed E-state index contributed by atoms with van der Waals surface area (Å²) in [4.78, 5) is 35.5. The first-order chi connectivity index (χ1) is 18.1. The summed E-state index contributed by atoms with van der Waals surface area (Å²) in [6.45, 7) is -0.480. The van der Waals surface area contributed by atoms with Crippen molar-refractivity contribution >= 4 is 50.9 Å². The Labute approximate surface area is 221 Å². The average molecular weight is 574 g/mol. The molecule has 0 saturated carbocycles. The first kappa shape index (κ1) is 26.8. The van der Waals surface area contributed by atoms with Gasteiger partial charge in [-0.05, 0) is 12.8 Å². The van der Waals surface area contributed by atoms with E-state index in [1.54, 1.807) is 11.8 Å². The van der Waals surface area contributed by atoms with Crippen LogP contribution in [0.15, 0.2) is 12.7 Å². The number of aliphatic hydroxyl groups is 1. The predicted octanol–water partition coefficient (Wildman–Crippen LogP) is -1.32. The van der Waals surface area contributed by atoms with Gasteiger partial charge in [-0.3, -0.25) is 9.36 Å². The number of carbonyl (C=O) groups is 2. The van der Waals surface area contributed by atoms with Crippen LogP contribution in [0, 0.1) is 0 Å². The molecule has 15 nitrogen and oxygen atoms in total. The molecule has 0 unspecified atom stereocenters. The van der Waals surface area contributed by atoms with Gasteiger partial charge in [-0.15, -0.1) is 0 Å². The number of ether oxygens (including phenoxy) is 1. The lowest BCUT2D eigenvalue weighted by Crippen LogP contribution is -2.45. The third kappa shape index (κ3) is 5.49. The van der Waals surface area contributed by atoms with E-state index in [4.69, 9.17) is 10.5 Å². The van der Waals surface area contributed by atoms with E-state index in [1.165, 1.54) is 17.2 Å². The smallest absolute Gasteiger partial charge is 0.315 e. The number of nitrogens with zero attached hydrogens (tertiary/aromatic N) is 4. The fourth-order valence-corrected chi connectivity index (χ4v) is 7.26. The molecule has 3 fully saturated rings. The Bertz CT molecular complexity index is 1310. The number of nitrogen functional groups attached to an aromatic ring is 1. The summed E-state index contributed by atoms with van der Waals surface area (Å²) >= 11 is 1.76. The number of nitrogens with one attached hydrogen (secondary N) is 4. The Hall–Kier alpha value is -2.80. The molecule has 5 heterocycles. The van der Waals surface area contributed by atoms with E-state index in [0.29, 0.717) is 12.8 Å². The number of imidazole rings is 1. The van der Waals surface area contributed by atoms with Gasteiger partial charge in [-0.25, -0.2) is 28.9 Å². The second-order valence-corrected chi connectivity index (χ2v) is 12.1. The van der Waals surface area contributed by atoms with Crippen molar-refractivity contribution in [1.82, 2.24) is 39.6 Å². The normalized spacial score (nSPS) is 30.8. The van der Waals surface area contributed by atoms with Crippen molar-refractivity contribution in [3.8, 4) is 0 Å². The molecule has 2 aromatic heterocycles. The SMILES string of the molecule is Nc1ncnc2c1ncn2[C@@H]1O[C@H](CNS(=O)(=O)NC(=O)CCCC[C@@H]2SC[C@@H]3NC(=O)N[C@@H]32)[C@@H](O)[C@H]1F. The van der Waals surface area contributed by atoms with Crippen LogP contribution < -0.4 is 25.8 Å². The number of unbranched alkanes of at least 4 members (excludes halogenated alkanes) is 1. The molecule has 0 aliphatic carbocycles. The van der Waals surface area contributed by atoms with Gasteiger partial charge in [0.05, 0.1) is 18.4 Å². The molecule has 0 radical (unpaired) electrons. The Morgan fingerprint density at radius 1 is 1.32 bits per heavy atom. The number of hydrogen-bond acceptors (Lipinski definition) is 11. The topological polar surface area (TPSA) is 215 Å². The van der Waals surface area contributed by atoms with Crippen LogP contribution in [0.3, 0.4) is 0 Å². The van der Waals surface area contributed by atoms with Crippen LogP contribution in [0.5, 0.6) is 0 Å². The van der Waals surface area contributed by atoms with Gasteiger partial charge in [-0.1, -0.05) is 6.42 Å². The summed E-state index contributed by atoms with van der Waals surface area (Å²) in [5.41, 5.74) is 6.17. The third-order valence-electron chi connectivity index (χ3n) is 6.76. The van der Waals surface area contributed by atoms with Crippen LogP contribution in [0.2, 0.25) is 0 Å². The standard InChI is InChI=1S/C20H28FN9O6S2/c21-13-16(32)10(36-19(13)30-8-25-15-17(22)23-7-24-18(15)30)5-26-38(34,35)29-12(31)4-2-1-3-11-14-9(6-37-11)27-20(33)28-14/h7-11,13-14,16,19,26,32H,1-6H2,(H,29,31)(H2,22,23,24)(H2,27,28,33)/t9-,10+,11-,13+,14-,16+,19+/m0/s1. The van der Waals surface area contributed by atoms with Crippen LogP contribution in [0.4, 0.5) is 15.0 Å². The highest BCUT2D eigenvalue weighted by Crippen LogP contribution is 2.34. The van der Waals surface area contributed by atoms with Crippen LogP contribution >= 0.6 is 11.8 Å². The number of hydrogen-bond donors (Lipinski definition) is 6. The van der Waals surface area contributed by atoms with E-state index in [2.05, 4.69) is 30.3 Å². The first-order valence-electron chi connectivity index (χ1n) is 12.0. The number of aromatic nitrogens is 4. The minimum absolute atomic E-state index is 0.00707. The molecule has 0 aromatic carbocycles. The fourth-order valence-electron chi connectivity index (χ4n) is 4.86. The molecular formula is C20H28FN9O6S2. The second kappa shape index (κ2) is 10.8. The minimum atomic E-state index is -4.27. The van der Waals surface area contributed by atoms with E-state index in [0.717, 1.165) is 12.2 Å². The largest absolute Gasteiger partial charge is 0.387 e. The number of nitrogens with two attached hydrogens (primary N) is 1. The molecule has 2 aromatic rings. The number of anilines is 1. The van der Waals surface area contributed by atoms with E-state index < -0.39 is 47.3 Å². The maximum atomic E-state index is 14.9. The van der Waals surface area contributed by atoms with Gasteiger partial charge < -0.3 is 26.2 Å². The predicted molar refractivity (Wildman–Crippen MR) is 134 cm³/mol. The molecule has 7 N–H and O–H groups in total. The van der Waals surface area contributed by atoms with Gasteiger partial charge in [-0.2, -0.15) is 24.9 Å². The molecule has 0 spiro atoms. The van der Waals surface area contributed by atoms with Gasteiger partial charge in [0, 0.05) is 24.0 Å². The molecule has 7 atom stereocenters. The monoisotopic (exact) mass is 573 g/mol. The van der Waals surface area contributed by atoms with E-state index in [1.807, 2.05) is 4.72 Å². The molecule has 3 aliphatic rings. The molecule has 5 rings (SSSR count). The second-order valence-electron chi connectivity index (χ2n) is 9.33. The van der Waals surface area contributed by atoms with Crippen molar-refractivity contribution in [2.45, 2.75) is 67.6 Å². The Morgan fingerprint density at radius 3 is 2.95 bits per heavy atom. The zero-order valence-corrected chi connectivity index (χ0v) is 21.6. The van der Waals surface area contributed by atoms with Crippen molar-refractivity contribution in [2.24, 2.45) is 0 Å². The Balaban J connectivity index is 1.07. The van der Waals surface area contributed by atoms with Crippen molar-refractivity contribution in [3.05, 3.63) is 12.7 Å². The average Bonchev–Trinajstić information content (AvgIpc) is 3.61. The number of rotatable bonds is 10. The molecule has 3 aliphatic heterocycles. The number of urea groups is 1. The number of fused-ring (bicyclic) bond motifs is 2. The third-order valence-corrected chi connectivity index (χ3v) is 9.31. The summed E-state index contributed by atoms with van der Waals surface area (Å²) in [5.74, 6) is 0.235. The summed E-state index contributed by atoms with van der Waals surface area (Å²) in [6, 6.07) is 0.0290. The molecule has 3 saturated heterocycles. The van der Waals surface area contributed by atoms with Crippen molar-refractivity contribution in [1.29, 1.82) is 0 Å². The van der Waals surface area contributed by atoms with E-state index in [9.17, 15) is 27.5 Å². The molecule has 38 heavy (non-hydrogen) atoms. The molecule has 0 bridgehead atoms. The lowest BCUT2D eigenvalue weighted by atomic mass is 10.0. The van der Waals surface area contributed by atoms with Crippen molar-refractivity contribution in [3.63, 3.8) is 0 Å². The number of alkyl halides is 1. The highest BCUT2D eigenvalue weighted by atomic mass is 32.2. The fraction of sp³-hybridized carbons (Fsp3) is 0.650. The first-order valence-corrected chi connectivity index (χ1v) is 14.6. The van der Waals surface area contributed by atoms with Crippen molar-refractivity contribution in [2.75, 3.05) is 18.0 Å². The number of thioether (sulfide) groups is 1. The van der Waals surface area contributed by atoms with Gasteiger partial charge in [0.2, 0.25) is 5.91 Å². The van der Waals surface area contributed by atoms with Gasteiger partial charge in [0.1, 0.15) is 24.1 Å². The van der Waals surface area contributed by atoms with Crippen LogP contribution in [-0.2, 0) is 19.7 Å². The molecule has 18 heteroatoms. The number of aliphatic hydroxyl groups excluding tert-OH is 1. The maximum absolute atomic E-state index is 14.9. The summed E-state index contributed by atoms with van der Waals surface area (Å²) < 4.78 is 50.4. The number of halogens is 1. The maximum Gasteiger partial charge on any atom is 0.315 e. The van der Waals surface area contributed by atoms with Gasteiger partial charge in [0.15, 0.2) is 23.9 Å². The lowest BCUT2D eigenvalue weighted by Gasteiger charge is -2.17. The summed E-state index contributed by atoms with van der Waals surface area (Å²) in [5, 5.41) is 16.3. The highest BCUT2D eigenvalue weighted by molar-refractivity contribution is 8.00. The minimum Gasteiger partial charge on any atom is -0.387 e. The van der Waals surface area contributed by atoms with Gasteiger partial charge in [0.25, 0.3) is 0 Å². The highest BCUT2D eigenvalue weighted by Gasteiger charge is 2.46. The number of amides is 3. The van der Waals surface area contributed by atoms with Crippen molar-refractivity contribution < 1.29 is 32.2 Å². The Morgan fingerprint density at radius 2 is 2.13 bits per heavy atom. The summed E-state index contributed by atoms with van der Waals surface area (Å²) in [6.07, 6.45) is -1.75. The quantitative estimate of drug-likeness (QED) is 0.145. The number of carbonyl (C=O) groups excluding carboxylic acids is 2.